The summed E-state index contributed by atoms with van der Waals surface area (Å²) in [6, 6.07) is 0. The Balaban J connectivity index is 2.65. The van der Waals surface area contributed by atoms with Gasteiger partial charge in [-0.25, -0.2) is 0 Å². The third kappa shape index (κ3) is 6.32. The lowest BCUT2D eigenvalue weighted by Gasteiger charge is -2.30. The molecule has 1 aromatic heterocycles. The lowest BCUT2D eigenvalue weighted by Crippen LogP contribution is -2.41. The van der Waals surface area contributed by atoms with E-state index in [1.54, 1.807) is 6.20 Å². The van der Waals surface area contributed by atoms with E-state index in [2.05, 4.69) is 10.3 Å². The number of aromatic nitrogens is 3. The molecule has 0 radical (unpaired) electrons. The minimum Gasteiger partial charge on any atom is -0.396 e. The predicted octanol–water partition coefficient (Wildman–Crippen LogP) is -1.86. The average molecular weight is 331 g/mol. The maximum atomic E-state index is 10.3. The molecule has 0 fully saturated rings. The number of ether oxygens (including phenoxy) is 1. The summed E-state index contributed by atoms with van der Waals surface area (Å²) in [5.41, 5.74) is -0.280. The molecule has 0 aliphatic carbocycles. The van der Waals surface area contributed by atoms with Gasteiger partial charge in [0.05, 0.1) is 50.7 Å². The summed E-state index contributed by atoms with van der Waals surface area (Å²) in [7, 11) is 0. The molecule has 0 saturated heterocycles. The Hall–Kier alpha value is -1.39. The minimum absolute atomic E-state index is 0.0495. The molecule has 0 bridgehead atoms. The van der Waals surface area contributed by atoms with Crippen LogP contribution >= 0.6 is 0 Å². The monoisotopic (exact) mass is 331 g/mol. The number of nitrogens with zero attached hydrogens (tertiary/aromatic N) is 3. The van der Waals surface area contributed by atoms with E-state index in [1.165, 1.54) is 4.68 Å². The van der Waals surface area contributed by atoms with Gasteiger partial charge in [0, 0.05) is 12.6 Å². The maximum Gasteiger partial charge on any atom is 0.120 e. The van der Waals surface area contributed by atoms with Gasteiger partial charge < -0.3 is 30.0 Å². The second-order valence-electron chi connectivity index (χ2n) is 5.58. The van der Waals surface area contributed by atoms with Gasteiger partial charge in [-0.2, -0.15) is 0 Å². The Labute approximate surface area is 134 Å². The summed E-state index contributed by atoms with van der Waals surface area (Å²) in [4.78, 5) is 10.3. The Kier molecular flexibility index (Phi) is 8.89. The lowest BCUT2D eigenvalue weighted by molar-refractivity contribution is -0.107. The molecule has 1 heterocycles. The fourth-order valence-corrected chi connectivity index (χ4v) is 1.99. The number of hydrogen-bond donors (Lipinski definition) is 4. The topological polar surface area (TPSA) is 138 Å². The molecule has 132 valence electrons. The molecule has 0 aliphatic rings. The van der Waals surface area contributed by atoms with Crippen LogP contribution in [-0.4, -0.2) is 80.8 Å². The van der Waals surface area contributed by atoms with Gasteiger partial charge in [-0.15, -0.1) is 5.10 Å². The molecule has 1 rings (SSSR count). The first-order chi connectivity index (χ1) is 11.1. The number of carbonyl (C=O) groups is 1. The molecule has 1 aromatic rings. The molecule has 4 N–H and O–H groups in total. The molecule has 0 spiro atoms. The highest BCUT2D eigenvalue weighted by molar-refractivity contribution is 5.49. The molecule has 0 atom stereocenters. The Morgan fingerprint density at radius 3 is 2.52 bits per heavy atom. The van der Waals surface area contributed by atoms with Gasteiger partial charge in [-0.3, -0.25) is 4.68 Å². The fourth-order valence-electron chi connectivity index (χ4n) is 1.99. The van der Waals surface area contributed by atoms with Crippen LogP contribution in [0.15, 0.2) is 6.20 Å². The maximum absolute atomic E-state index is 10.3. The number of aliphatic hydroxyl groups is 4. The van der Waals surface area contributed by atoms with Crippen LogP contribution in [0.5, 0.6) is 0 Å². The summed E-state index contributed by atoms with van der Waals surface area (Å²) < 4.78 is 6.82. The summed E-state index contributed by atoms with van der Waals surface area (Å²) in [5.74, 6) is 0. The Bertz CT molecular complexity index is 445. The lowest BCUT2D eigenvalue weighted by atomic mass is 9.91. The van der Waals surface area contributed by atoms with E-state index < -0.39 is 11.5 Å². The van der Waals surface area contributed by atoms with E-state index in [1.807, 2.05) is 0 Å². The van der Waals surface area contributed by atoms with Crippen molar-refractivity contribution in [2.24, 2.45) is 5.41 Å². The van der Waals surface area contributed by atoms with Crippen molar-refractivity contribution in [3.05, 3.63) is 11.9 Å². The summed E-state index contributed by atoms with van der Waals surface area (Å²) in [5, 5.41) is 45.2. The summed E-state index contributed by atoms with van der Waals surface area (Å²) >= 11 is 0. The van der Waals surface area contributed by atoms with Crippen LogP contribution in [0.3, 0.4) is 0 Å². The molecule has 0 aliphatic heterocycles. The van der Waals surface area contributed by atoms with Crippen molar-refractivity contribution < 1.29 is 30.0 Å². The summed E-state index contributed by atoms with van der Waals surface area (Å²) in [6.45, 7) is -1.29. The zero-order valence-corrected chi connectivity index (χ0v) is 13.0. The molecule has 9 heteroatoms. The molecule has 0 amide bonds. The third-order valence-corrected chi connectivity index (χ3v) is 3.54. The van der Waals surface area contributed by atoms with Gasteiger partial charge in [-0.1, -0.05) is 5.21 Å². The third-order valence-electron chi connectivity index (χ3n) is 3.54. The number of aryl methyl sites for hydroxylation is 1. The number of carbonyl (C=O) groups excluding carboxylic acids is 1. The molecule has 0 aromatic carbocycles. The normalized spacial score (nSPS) is 12.0. The summed E-state index contributed by atoms with van der Waals surface area (Å²) in [6.07, 6.45) is 3.55. The molecular formula is C14H25N3O6. The van der Waals surface area contributed by atoms with E-state index in [0.29, 0.717) is 19.3 Å². The van der Waals surface area contributed by atoms with Crippen molar-refractivity contribution >= 4 is 6.29 Å². The second kappa shape index (κ2) is 10.4. The minimum atomic E-state index is -1.00. The number of aliphatic hydroxyl groups excluding tert-OH is 4. The number of aldehydes is 1. The number of rotatable bonds is 13. The van der Waals surface area contributed by atoms with Gasteiger partial charge in [0.25, 0.3) is 0 Å². The van der Waals surface area contributed by atoms with Crippen LogP contribution in [0.1, 0.15) is 18.5 Å². The number of unbranched alkanes of at least 4 members (excludes halogenated alkanes) is 1. The molecule has 0 unspecified atom stereocenters. The van der Waals surface area contributed by atoms with Crippen molar-refractivity contribution in [2.75, 3.05) is 33.0 Å². The van der Waals surface area contributed by atoms with Crippen LogP contribution in [-0.2, 0) is 22.5 Å². The van der Waals surface area contributed by atoms with Crippen LogP contribution in [0.25, 0.3) is 0 Å². The Morgan fingerprint density at radius 1 is 1.26 bits per heavy atom. The van der Waals surface area contributed by atoms with E-state index in [-0.39, 0.29) is 39.6 Å². The second-order valence-corrected chi connectivity index (χ2v) is 5.58. The van der Waals surface area contributed by atoms with Gasteiger partial charge in [0.1, 0.15) is 12.4 Å². The van der Waals surface area contributed by atoms with Crippen LogP contribution in [0.4, 0.5) is 0 Å². The van der Waals surface area contributed by atoms with E-state index in [4.69, 9.17) is 14.9 Å². The van der Waals surface area contributed by atoms with Crippen molar-refractivity contribution in [2.45, 2.75) is 31.9 Å². The zero-order chi connectivity index (χ0) is 17.1. The highest BCUT2D eigenvalue weighted by Crippen LogP contribution is 2.20. The number of hydrogen-bond acceptors (Lipinski definition) is 8. The van der Waals surface area contributed by atoms with Crippen molar-refractivity contribution in [1.82, 2.24) is 15.0 Å². The first-order valence-electron chi connectivity index (χ1n) is 7.50. The largest absolute Gasteiger partial charge is 0.396 e. The highest BCUT2D eigenvalue weighted by atomic mass is 16.5. The van der Waals surface area contributed by atoms with E-state index in [9.17, 15) is 15.0 Å². The van der Waals surface area contributed by atoms with Crippen LogP contribution in [0, 0.1) is 5.41 Å². The van der Waals surface area contributed by atoms with Crippen molar-refractivity contribution in [1.29, 1.82) is 0 Å². The smallest absolute Gasteiger partial charge is 0.120 e. The fraction of sp³-hybridized carbons (Fsp3) is 0.786. The molecular weight excluding hydrogens is 306 g/mol. The first kappa shape index (κ1) is 19.7. The molecule has 23 heavy (non-hydrogen) atoms. The van der Waals surface area contributed by atoms with Gasteiger partial charge in [0.2, 0.25) is 0 Å². The molecule has 9 nitrogen and oxygen atoms in total. The highest BCUT2D eigenvalue weighted by Gasteiger charge is 2.31. The van der Waals surface area contributed by atoms with Crippen LogP contribution < -0.4 is 0 Å². The van der Waals surface area contributed by atoms with Crippen LogP contribution in [0.2, 0.25) is 0 Å². The van der Waals surface area contributed by atoms with Gasteiger partial charge in [0.15, 0.2) is 0 Å². The predicted molar refractivity (Wildman–Crippen MR) is 79.5 cm³/mol. The van der Waals surface area contributed by atoms with Crippen molar-refractivity contribution in [3.63, 3.8) is 0 Å². The van der Waals surface area contributed by atoms with Gasteiger partial charge >= 0.3 is 0 Å². The zero-order valence-electron chi connectivity index (χ0n) is 13.0. The van der Waals surface area contributed by atoms with Gasteiger partial charge in [-0.05, 0) is 12.8 Å². The molecule has 0 saturated carbocycles. The van der Waals surface area contributed by atoms with E-state index in [0.717, 1.165) is 12.0 Å². The standard InChI is InChI=1S/C14H25N3O6/c18-4-2-1-3-12-5-17(16-15-12)8-14(9-21,10-22)11-23-13(6-19)7-20/h4-5,13,19-22H,1-3,6-11H2. The van der Waals surface area contributed by atoms with Crippen molar-refractivity contribution in [3.8, 4) is 0 Å². The first-order valence-corrected chi connectivity index (χ1v) is 7.50. The Morgan fingerprint density at radius 2 is 1.96 bits per heavy atom. The van der Waals surface area contributed by atoms with E-state index >= 15 is 0 Å². The quantitative estimate of drug-likeness (QED) is 0.244. The average Bonchev–Trinajstić information content (AvgIpc) is 3.02. The SMILES string of the molecule is O=CCCCc1cn(CC(CO)(CO)COC(CO)CO)nn1.